The Hall–Kier alpha value is -2.66. The summed E-state index contributed by atoms with van der Waals surface area (Å²) in [7, 11) is 6.41. The van der Waals surface area contributed by atoms with Crippen LogP contribution < -0.4 is 18.9 Å². The Labute approximate surface area is 153 Å². The van der Waals surface area contributed by atoms with Gasteiger partial charge in [0.2, 0.25) is 5.75 Å². The van der Waals surface area contributed by atoms with Gasteiger partial charge in [0.15, 0.2) is 11.5 Å². The third-order valence-electron chi connectivity index (χ3n) is 4.68. The maximum Gasteiger partial charge on any atom is 0.203 e. The number of aliphatic hydroxyl groups excluding tert-OH is 1. The number of benzene rings is 2. The summed E-state index contributed by atoms with van der Waals surface area (Å²) < 4.78 is 21.5. The Morgan fingerprint density at radius 1 is 0.923 bits per heavy atom. The maximum absolute atomic E-state index is 10.6. The predicted molar refractivity (Wildman–Crippen MR) is 101 cm³/mol. The van der Waals surface area contributed by atoms with Crippen LogP contribution in [0.3, 0.4) is 0 Å². The van der Waals surface area contributed by atoms with Gasteiger partial charge in [-0.2, -0.15) is 0 Å². The summed E-state index contributed by atoms with van der Waals surface area (Å²) in [5.41, 5.74) is 3.96. The summed E-state index contributed by atoms with van der Waals surface area (Å²) in [6.07, 6.45) is 2.95. The van der Waals surface area contributed by atoms with E-state index in [1.54, 1.807) is 28.4 Å². The minimum Gasteiger partial charge on any atom is -0.497 e. The van der Waals surface area contributed by atoms with Gasteiger partial charge in [0.1, 0.15) is 5.75 Å². The summed E-state index contributed by atoms with van der Waals surface area (Å²) >= 11 is 0. The molecule has 3 rings (SSSR count). The van der Waals surface area contributed by atoms with Crippen molar-refractivity contribution < 1.29 is 24.1 Å². The van der Waals surface area contributed by atoms with Crippen LogP contribution in [0.5, 0.6) is 23.0 Å². The van der Waals surface area contributed by atoms with Crippen LogP contribution >= 0.6 is 0 Å². The highest BCUT2D eigenvalue weighted by Gasteiger charge is 2.23. The number of fused-ring (bicyclic) bond motifs is 1. The molecule has 1 aliphatic carbocycles. The van der Waals surface area contributed by atoms with Crippen molar-refractivity contribution in [3.8, 4) is 23.0 Å². The van der Waals surface area contributed by atoms with E-state index in [9.17, 15) is 5.11 Å². The standard InChI is InChI=1S/C21H24O5/c1-23-15-6-7-16-14(12-15)5-8-18(22)17(16)9-13-10-19(24-2)21(26-4)20(11-13)25-3/h6-7,9-12,18,22H,5,8H2,1-4H3/b17-9+. The summed E-state index contributed by atoms with van der Waals surface area (Å²) in [4.78, 5) is 0. The first-order valence-corrected chi connectivity index (χ1v) is 8.48. The molecule has 1 N–H and O–H groups in total. The molecule has 1 atom stereocenters. The topological polar surface area (TPSA) is 57.2 Å². The number of aryl methyl sites for hydroxylation is 1. The molecule has 1 unspecified atom stereocenters. The van der Waals surface area contributed by atoms with E-state index in [1.807, 2.05) is 36.4 Å². The Morgan fingerprint density at radius 2 is 1.62 bits per heavy atom. The molecule has 2 aromatic rings. The Kier molecular flexibility index (Phi) is 5.38. The van der Waals surface area contributed by atoms with Crippen molar-refractivity contribution in [2.75, 3.05) is 28.4 Å². The molecular formula is C21H24O5. The molecule has 138 valence electrons. The van der Waals surface area contributed by atoms with Crippen molar-refractivity contribution in [1.82, 2.24) is 0 Å². The SMILES string of the molecule is COc1ccc2c(c1)CCC(O)/C2=C/c1cc(OC)c(OC)c(OC)c1. The van der Waals surface area contributed by atoms with Crippen molar-refractivity contribution in [1.29, 1.82) is 0 Å². The second kappa shape index (κ2) is 7.70. The molecule has 2 aromatic carbocycles. The molecule has 0 saturated carbocycles. The molecule has 0 aromatic heterocycles. The fraction of sp³-hybridized carbons (Fsp3) is 0.333. The van der Waals surface area contributed by atoms with Gasteiger partial charge in [-0.3, -0.25) is 0 Å². The van der Waals surface area contributed by atoms with Gasteiger partial charge in [-0.05, 0) is 65.4 Å². The first-order valence-electron chi connectivity index (χ1n) is 8.48. The summed E-state index contributed by atoms with van der Waals surface area (Å²) in [5.74, 6) is 2.54. The zero-order valence-electron chi connectivity index (χ0n) is 15.5. The highest BCUT2D eigenvalue weighted by atomic mass is 16.5. The number of methoxy groups -OCH3 is 4. The predicted octanol–water partition coefficient (Wildman–Crippen LogP) is 3.57. The molecule has 0 fully saturated rings. The largest absolute Gasteiger partial charge is 0.497 e. The Morgan fingerprint density at radius 3 is 2.19 bits per heavy atom. The van der Waals surface area contributed by atoms with E-state index in [-0.39, 0.29) is 0 Å². The fourth-order valence-electron chi connectivity index (χ4n) is 3.35. The third kappa shape index (κ3) is 3.35. The molecule has 0 amide bonds. The van der Waals surface area contributed by atoms with E-state index in [0.29, 0.717) is 23.7 Å². The average Bonchev–Trinajstić information content (AvgIpc) is 2.68. The summed E-state index contributed by atoms with van der Waals surface area (Å²) in [5, 5.41) is 10.6. The lowest BCUT2D eigenvalue weighted by Gasteiger charge is -2.25. The lowest BCUT2D eigenvalue weighted by Crippen LogP contribution is -2.17. The molecule has 26 heavy (non-hydrogen) atoms. The van der Waals surface area contributed by atoms with Crippen LogP contribution in [-0.2, 0) is 6.42 Å². The molecule has 0 radical (unpaired) electrons. The normalized spacial score (nSPS) is 17.6. The Bertz CT molecular complexity index is 800. The van der Waals surface area contributed by atoms with E-state index in [1.165, 1.54) is 5.56 Å². The Balaban J connectivity index is 2.10. The molecule has 5 nitrogen and oxygen atoms in total. The van der Waals surface area contributed by atoms with Crippen LogP contribution in [0, 0.1) is 0 Å². The molecule has 5 heteroatoms. The smallest absolute Gasteiger partial charge is 0.203 e. The highest BCUT2D eigenvalue weighted by molar-refractivity contribution is 5.87. The first kappa shape index (κ1) is 18.1. The second-order valence-electron chi connectivity index (χ2n) is 6.14. The summed E-state index contributed by atoms with van der Waals surface area (Å²) in [6.45, 7) is 0. The molecule has 0 heterocycles. The van der Waals surface area contributed by atoms with E-state index >= 15 is 0 Å². The van der Waals surface area contributed by atoms with Gasteiger partial charge in [0.05, 0.1) is 34.5 Å². The molecule has 1 aliphatic rings. The minimum atomic E-state index is -0.519. The fourth-order valence-corrected chi connectivity index (χ4v) is 3.35. The second-order valence-corrected chi connectivity index (χ2v) is 6.14. The van der Waals surface area contributed by atoms with E-state index in [2.05, 4.69) is 0 Å². The molecule has 0 saturated heterocycles. The van der Waals surface area contributed by atoms with Crippen LogP contribution in [0.25, 0.3) is 11.6 Å². The van der Waals surface area contributed by atoms with Crippen molar-refractivity contribution in [3.05, 3.63) is 47.0 Å². The van der Waals surface area contributed by atoms with E-state index in [4.69, 9.17) is 18.9 Å². The van der Waals surface area contributed by atoms with Crippen LogP contribution in [-0.4, -0.2) is 39.6 Å². The monoisotopic (exact) mass is 356 g/mol. The number of hydrogen-bond donors (Lipinski definition) is 1. The molecular weight excluding hydrogens is 332 g/mol. The van der Waals surface area contributed by atoms with E-state index < -0.39 is 6.10 Å². The number of ether oxygens (including phenoxy) is 4. The van der Waals surface area contributed by atoms with Crippen LogP contribution in [0.4, 0.5) is 0 Å². The van der Waals surface area contributed by atoms with Gasteiger partial charge in [-0.1, -0.05) is 6.07 Å². The average molecular weight is 356 g/mol. The van der Waals surface area contributed by atoms with Gasteiger partial charge in [-0.15, -0.1) is 0 Å². The maximum atomic E-state index is 10.6. The van der Waals surface area contributed by atoms with Crippen LogP contribution in [0.2, 0.25) is 0 Å². The highest BCUT2D eigenvalue weighted by Crippen LogP contribution is 2.40. The number of aliphatic hydroxyl groups is 1. The quantitative estimate of drug-likeness (QED) is 0.888. The molecule has 0 spiro atoms. The van der Waals surface area contributed by atoms with Crippen molar-refractivity contribution in [3.63, 3.8) is 0 Å². The summed E-state index contributed by atoms with van der Waals surface area (Å²) in [6, 6.07) is 9.70. The van der Waals surface area contributed by atoms with Gasteiger partial charge in [0, 0.05) is 0 Å². The lowest BCUT2D eigenvalue weighted by atomic mass is 9.84. The lowest BCUT2D eigenvalue weighted by molar-refractivity contribution is 0.219. The van der Waals surface area contributed by atoms with Gasteiger partial charge < -0.3 is 24.1 Å². The number of hydrogen-bond acceptors (Lipinski definition) is 5. The van der Waals surface area contributed by atoms with Gasteiger partial charge in [0.25, 0.3) is 0 Å². The van der Waals surface area contributed by atoms with Crippen molar-refractivity contribution in [2.24, 2.45) is 0 Å². The third-order valence-corrected chi connectivity index (χ3v) is 4.68. The first-order chi connectivity index (χ1) is 12.6. The van der Waals surface area contributed by atoms with Gasteiger partial charge >= 0.3 is 0 Å². The number of rotatable bonds is 5. The molecule has 0 aliphatic heterocycles. The van der Waals surface area contributed by atoms with Crippen LogP contribution in [0.1, 0.15) is 23.1 Å². The zero-order valence-corrected chi connectivity index (χ0v) is 15.5. The van der Waals surface area contributed by atoms with Gasteiger partial charge in [-0.25, -0.2) is 0 Å². The van der Waals surface area contributed by atoms with Crippen molar-refractivity contribution >= 4 is 11.6 Å². The van der Waals surface area contributed by atoms with Crippen molar-refractivity contribution in [2.45, 2.75) is 18.9 Å². The van der Waals surface area contributed by atoms with E-state index in [0.717, 1.165) is 28.9 Å². The minimum absolute atomic E-state index is 0.519. The van der Waals surface area contributed by atoms with Crippen LogP contribution in [0.15, 0.2) is 30.3 Å². The molecule has 0 bridgehead atoms. The zero-order chi connectivity index (χ0) is 18.7.